The molecular weight excluding hydrogens is 288 g/mol. The zero-order chi connectivity index (χ0) is 16.8. The van der Waals surface area contributed by atoms with E-state index in [2.05, 4.69) is 13.8 Å². The molecule has 0 radical (unpaired) electrons. The summed E-state index contributed by atoms with van der Waals surface area (Å²) in [7, 11) is 0. The Morgan fingerprint density at radius 3 is 2.43 bits per heavy atom. The van der Waals surface area contributed by atoms with Crippen LogP contribution in [-0.2, 0) is 4.79 Å². The number of aliphatic carboxylic acids is 1. The van der Waals surface area contributed by atoms with Crippen LogP contribution in [0.2, 0.25) is 0 Å². The first-order valence-electron chi connectivity index (χ1n) is 7.79. The fourth-order valence-electron chi connectivity index (χ4n) is 2.33. The van der Waals surface area contributed by atoms with Gasteiger partial charge in [-0.3, -0.25) is 0 Å². The standard InChI is InChI=1S/C20H22O3/c1-4-23-18-7-5-6-17(13-18)19(20(21)22)12-15-8-10-16(11-9-15)14(2)3/h5-14H,4H2,1-3H3,(H,21,22)/b19-12-. The Labute approximate surface area is 137 Å². The molecule has 23 heavy (non-hydrogen) atoms. The Hall–Kier alpha value is -2.55. The van der Waals surface area contributed by atoms with Crippen LogP contribution >= 0.6 is 0 Å². The largest absolute Gasteiger partial charge is 0.494 e. The summed E-state index contributed by atoms with van der Waals surface area (Å²) in [5.41, 5.74) is 2.99. The molecule has 0 atom stereocenters. The topological polar surface area (TPSA) is 46.5 Å². The van der Waals surface area contributed by atoms with Gasteiger partial charge in [0.2, 0.25) is 0 Å². The molecular formula is C20H22O3. The molecule has 0 spiro atoms. The minimum Gasteiger partial charge on any atom is -0.494 e. The predicted molar refractivity (Wildman–Crippen MR) is 93.6 cm³/mol. The molecule has 0 heterocycles. The summed E-state index contributed by atoms with van der Waals surface area (Å²) >= 11 is 0. The summed E-state index contributed by atoms with van der Waals surface area (Å²) in [4.78, 5) is 11.6. The predicted octanol–water partition coefficient (Wildman–Crippen LogP) is 4.83. The zero-order valence-corrected chi connectivity index (χ0v) is 13.7. The van der Waals surface area contributed by atoms with Gasteiger partial charge in [0.05, 0.1) is 12.2 Å². The molecule has 2 aromatic rings. The van der Waals surface area contributed by atoms with Gasteiger partial charge in [-0.25, -0.2) is 4.79 Å². The van der Waals surface area contributed by atoms with E-state index in [-0.39, 0.29) is 5.57 Å². The third-order valence-electron chi connectivity index (χ3n) is 3.60. The summed E-state index contributed by atoms with van der Waals surface area (Å²) < 4.78 is 5.45. The molecule has 3 heteroatoms. The maximum atomic E-state index is 11.6. The van der Waals surface area contributed by atoms with Gasteiger partial charge in [-0.15, -0.1) is 0 Å². The lowest BCUT2D eigenvalue weighted by molar-refractivity contribution is -0.130. The molecule has 2 rings (SSSR count). The lowest BCUT2D eigenvalue weighted by Gasteiger charge is -2.08. The number of ether oxygens (including phenoxy) is 1. The number of carboxylic acid groups (broad SMARTS) is 1. The van der Waals surface area contributed by atoms with Gasteiger partial charge < -0.3 is 9.84 Å². The molecule has 0 amide bonds. The second-order valence-corrected chi connectivity index (χ2v) is 5.65. The van der Waals surface area contributed by atoms with Gasteiger partial charge >= 0.3 is 5.97 Å². The minimum atomic E-state index is -0.952. The molecule has 0 aliphatic carbocycles. The van der Waals surface area contributed by atoms with Crippen molar-refractivity contribution in [3.8, 4) is 5.75 Å². The Balaban J connectivity index is 2.37. The van der Waals surface area contributed by atoms with Crippen molar-refractivity contribution in [2.24, 2.45) is 0 Å². The first-order valence-corrected chi connectivity index (χ1v) is 7.79. The van der Waals surface area contributed by atoms with Crippen molar-refractivity contribution < 1.29 is 14.6 Å². The van der Waals surface area contributed by atoms with E-state index in [1.54, 1.807) is 24.3 Å². The van der Waals surface area contributed by atoms with Crippen LogP contribution in [0.25, 0.3) is 11.6 Å². The lowest BCUT2D eigenvalue weighted by atomic mass is 9.99. The van der Waals surface area contributed by atoms with Crippen LogP contribution in [0, 0.1) is 0 Å². The first kappa shape index (κ1) is 16.8. The maximum Gasteiger partial charge on any atom is 0.336 e. The van der Waals surface area contributed by atoms with Gasteiger partial charge in [-0.2, -0.15) is 0 Å². The smallest absolute Gasteiger partial charge is 0.336 e. The van der Waals surface area contributed by atoms with Crippen molar-refractivity contribution in [2.45, 2.75) is 26.7 Å². The molecule has 0 fully saturated rings. The number of benzene rings is 2. The maximum absolute atomic E-state index is 11.6. The quantitative estimate of drug-likeness (QED) is 0.614. The highest BCUT2D eigenvalue weighted by atomic mass is 16.5. The van der Waals surface area contributed by atoms with Gasteiger partial charge in [-0.05, 0) is 47.7 Å². The molecule has 1 N–H and O–H groups in total. The molecule has 2 aromatic carbocycles. The van der Waals surface area contributed by atoms with Crippen LogP contribution in [0.3, 0.4) is 0 Å². The van der Waals surface area contributed by atoms with Crippen molar-refractivity contribution in [1.29, 1.82) is 0 Å². The molecule has 3 nitrogen and oxygen atoms in total. The highest BCUT2D eigenvalue weighted by molar-refractivity contribution is 6.20. The fourth-order valence-corrected chi connectivity index (χ4v) is 2.33. The van der Waals surface area contributed by atoms with Gasteiger partial charge in [0, 0.05) is 0 Å². The van der Waals surface area contributed by atoms with Crippen molar-refractivity contribution in [3.63, 3.8) is 0 Å². The average molecular weight is 310 g/mol. The molecule has 120 valence electrons. The van der Waals surface area contributed by atoms with Gasteiger partial charge in [0.15, 0.2) is 0 Å². The van der Waals surface area contributed by atoms with Crippen molar-refractivity contribution in [2.75, 3.05) is 6.61 Å². The molecule has 0 bridgehead atoms. The summed E-state index contributed by atoms with van der Waals surface area (Å²) in [6.07, 6.45) is 1.69. The zero-order valence-electron chi connectivity index (χ0n) is 13.7. The van der Waals surface area contributed by atoms with E-state index >= 15 is 0 Å². The van der Waals surface area contributed by atoms with Gasteiger partial charge in [-0.1, -0.05) is 50.2 Å². The number of carboxylic acids is 1. The number of carbonyl (C=O) groups is 1. The molecule has 0 aromatic heterocycles. The van der Waals surface area contributed by atoms with Crippen LogP contribution < -0.4 is 4.74 Å². The van der Waals surface area contributed by atoms with Crippen molar-refractivity contribution in [3.05, 3.63) is 65.2 Å². The first-order chi connectivity index (χ1) is 11.0. The van der Waals surface area contributed by atoms with Gasteiger partial charge in [0.25, 0.3) is 0 Å². The second-order valence-electron chi connectivity index (χ2n) is 5.65. The van der Waals surface area contributed by atoms with E-state index in [0.29, 0.717) is 23.8 Å². The van der Waals surface area contributed by atoms with Crippen molar-refractivity contribution in [1.82, 2.24) is 0 Å². The van der Waals surface area contributed by atoms with Gasteiger partial charge in [0.1, 0.15) is 5.75 Å². The Morgan fingerprint density at radius 2 is 1.87 bits per heavy atom. The van der Waals surface area contributed by atoms with E-state index < -0.39 is 5.97 Å². The Bertz CT molecular complexity index is 697. The molecule has 0 unspecified atom stereocenters. The summed E-state index contributed by atoms with van der Waals surface area (Å²) in [6.45, 7) is 6.71. The van der Waals surface area contributed by atoms with E-state index in [0.717, 1.165) is 5.56 Å². The number of hydrogen-bond donors (Lipinski definition) is 1. The van der Waals surface area contributed by atoms with E-state index in [1.807, 2.05) is 37.3 Å². The van der Waals surface area contributed by atoms with Crippen LogP contribution in [0.5, 0.6) is 5.75 Å². The number of hydrogen-bond acceptors (Lipinski definition) is 2. The highest BCUT2D eigenvalue weighted by Gasteiger charge is 2.11. The molecule has 0 aliphatic heterocycles. The molecule has 0 saturated carbocycles. The second kappa shape index (κ2) is 7.63. The Morgan fingerprint density at radius 1 is 1.17 bits per heavy atom. The summed E-state index contributed by atoms with van der Waals surface area (Å²) in [6, 6.07) is 15.1. The molecule has 0 aliphatic rings. The third kappa shape index (κ3) is 4.46. The van der Waals surface area contributed by atoms with E-state index in [4.69, 9.17) is 4.74 Å². The number of rotatable bonds is 6. The molecule has 0 saturated heterocycles. The Kier molecular flexibility index (Phi) is 5.58. The highest BCUT2D eigenvalue weighted by Crippen LogP contribution is 2.24. The SMILES string of the molecule is CCOc1cccc(/C(=C/c2ccc(C(C)C)cc2)C(=O)O)c1. The lowest BCUT2D eigenvalue weighted by Crippen LogP contribution is -2.00. The van der Waals surface area contributed by atoms with E-state index in [1.165, 1.54) is 5.56 Å². The summed E-state index contributed by atoms with van der Waals surface area (Å²) in [5.74, 6) is 0.175. The normalized spacial score (nSPS) is 11.6. The van der Waals surface area contributed by atoms with Crippen LogP contribution in [0.1, 0.15) is 43.4 Å². The van der Waals surface area contributed by atoms with Crippen LogP contribution in [0.4, 0.5) is 0 Å². The minimum absolute atomic E-state index is 0.254. The third-order valence-corrected chi connectivity index (χ3v) is 3.60. The van der Waals surface area contributed by atoms with Crippen LogP contribution in [0.15, 0.2) is 48.5 Å². The van der Waals surface area contributed by atoms with E-state index in [9.17, 15) is 9.90 Å². The average Bonchev–Trinajstić information content (AvgIpc) is 2.53. The monoisotopic (exact) mass is 310 g/mol. The summed E-state index contributed by atoms with van der Waals surface area (Å²) in [5, 5.41) is 9.54. The van der Waals surface area contributed by atoms with Crippen LogP contribution in [-0.4, -0.2) is 17.7 Å². The van der Waals surface area contributed by atoms with Crippen molar-refractivity contribution >= 4 is 17.6 Å². The fraction of sp³-hybridized carbons (Fsp3) is 0.250.